The first-order chi connectivity index (χ1) is 36.1. The van der Waals surface area contributed by atoms with Crippen LogP contribution in [0.3, 0.4) is 0 Å². The van der Waals surface area contributed by atoms with Crippen LogP contribution < -0.4 is 18.9 Å². The van der Waals surface area contributed by atoms with Gasteiger partial charge in [-0.2, -0.15) is 0 Å². The average molecular weight is 1040 g/mol. The molecule has 2 spiro atoms. The molecule has 4 aliphatic rings. The van der Waals surface area contributed by atoms with Crippen molar-refractivity contribution in [1.82, 2.24) is 19.9 Å². The van der Waals surface area contributed by atoms with Gasteiger partial charge in [-0.3, -0.25) is 9.59 Å². The third kappa shape index (κ3) is 10.5. The molecule has 0 aliphatic heterocycles. The highest BCUT2D eigenvalue weighted by atomic mass is 19.1. The van der Waals surface area contributed by atoms with Gasteiger partial charge in [0, 0.05) is 72.8 Å². The Balaban J connectivity index is 0.000000186. The van der Waals surface area contributed by atoms with Gasteiger partial charge in [-0.1, -0.05) is 65.8 Å². The first kappa shape index (κ1) is 53.8. The van der Waals surface area contributed by atoms with E-state index in [2.05, 4.69) is 61.5 Å². The Morgan fingerprint density at radius 3 is 1.28 bits per heavy atom. The summed E-state index contributed by atoms with van der Waals surface area (Å²) in [5.74, 6) is -1.44. The van der Waals surface area contributed by atoms with E-state index < -0.39 is 23.6 Å². The first-order valence-corrected chi connectivity index (χ1v) is 25.6. The van der Waals surface area contributed by atoms with Crippen molar-refractivity contribution in [3.8, 4) is 45.8 Å². The second-order valence-corrected chi connectivity index (χ2v) is 22.7. The maximum atomic E-state index is 14.9. The standard InChI is InChI=1S/2C30H33FN2O5/c2*1-29(2,3)27(37-5)21-10-17(6-7-19(21)20-11-25(36-4)33-15-24(20)31)16-38-26-12-22-18(14-32-26)8-9-30(22)13-23(30)28(34)35/h2*6-7,10-12,14-15,23,27H,8-9,13,16H2,1-5H3,(H,34,35)/t23-,27+,30-;23-,27-,30-/m00/s1. The summed E-state index contributed by atoms with van der Waals surface area (Å²) < 4.78 is 64.4. The highest BCUT2D eigenvalue weighted by molar-refractivity contribution is 5.79. The summed E-state index contributed by atoms with van der Waals surface area (Å²) in [7, 11) is 6.30. The fourth-order valence-corrected chi connectivity index (χ4v) is 11.8. The molecule has 76 heavy (non-hydrogen) atoms. The fourth-order valence-electron chi connectivity index (χ4n) is 11.8. The number of methoxy groups -OCH3 is 4. The van der Waals surface area contributed by atoms with Crippen LogP contribution in [0.2, 0.25) is 0 Å². The van der Waals surface area contributed by atoms with E-state index in [4.69, 9.17) is 28.4 Å². The number of pyridine rings is 4. The molecule has 6 aromatic rings. The number of aliphatic carboxylic acids is 2. The Hall–Kier alpha value is -7.04. The normalized spacial score (nSPS) is 20.7. The lowest BCUT2D eigenvalue weighted by Crippen LogP contribution is -2.21. The zero-order valence-electron chi connectivity index (χ0n) is 44.8. The maximum absolute atomic E-state index is 14.9. The van der Waals surface area contributed by atoms with Gasteiger partial charge in [-0.15, -0.1) is 0 Å². The smallest absolute Gasteiger partial charge is 0.307 e. The van der Waals surface area contributed by atoms with Crippen molar-refractivity contribution in [1.29, 1.82) is 0 Å². The van der Waals surface area contributed by atoms with Gasteiger partial charge in [0.25, 0.3) is 0 Å². The predicted molar refractivity (Wildman–Crippen MR) is 279 cm³/mol. The molecule has 4 aromatic heterocycles. The van der Waals surface area contributed by atoms with Crippen molar-refractivity contribution >= 4 is 11.9 Å². The molecule has 0 saturated heterocycles. The van der Waals surface area contributed by atoms with Crippen molar-refractivity contribution in [2.24, 2.45) is 22.7 Å². The summed E-state index contributed by atoms with van der Waals surface area (Å²) in [5.41, 5.74) is 8.82. The third-order valence-electron chi connectivity index (χ3n) is 15.7. The molecule has 0 radical (unpaired) electrons. The average Bonchev–Trinajstić information content (AvgIpc) is 4.31. The van der Waals surface area contributed by atoms with Crippen molar-refractivity contribution in [2.75, 3.05) is 28.4 Å². The van der Waals surface area contributed by atoms with Crippen molar-refractivity contribution in [3.63, 3.8) is 0 Å². The zero-order chi connectivity index (χ0) is 54.5. The largest absolute Gasteiger partial charge is 0.481 e. The molecule has 2 aromatic carbocycles. The highest BCUT2D eigenvalue weighted by Crippen LogP contribution is 2.63. The van der Waals surface area contributed by atoms with Crippen LogP contribution in [0.25, 0.3) is 22.3 Å². The Morgan fingerprint density at radius 1 is 0.566 bits per heavy atom. The van der Waals surface area contributed by atoms with Crippen LogP contribution in [-0.4, -0.2) is 70.5 Å². The van der Waals surface area contributed by atoms with Crippen molar-refractivity contribution < 1.29 is 57.0 Å². The van der Waals surface area contributed by atoms with Gasteiger partial charge in [0.05, 0.1) is 50.7 Å². The maximum Gasteiger partial charge on any atom is 0.307 e. The molecular weight excluding hydrogens is 975 g/mol. The first-order valence-electron chi connectivity index (χ1n) is 25.6. The highest BCUT2D eigenvalue weighted by Gasteiger charge is 2.63. The Labute approximate surface area is 442 Å². The number of aryl methyl sites for hydroxylation is 2. The second-order valence-electron chi connectivity index (χ2n) is 22.7. The summed E-state index contributed by atoms with van der Waals surface area (Å²) >= 11 is 0. The number of benzene rings is 2. The van der Waals surface area contributed by atoms with Crippen LogP contribution in [0.4, 0.5) is 8.78 Å². The number of hydrogen-bond donors (Lipinski definition) is 2. The van der Waals surface area contributed by atoms with Gasteiger partial charge in [-0.05, 0) is 117 Å². The molecule has 10 rings (SSSR count). The summed E-state index contributed by atoms with van der Waals surface area (Å²) in [6.07, 6.45) is 10.0. The number of carboxylic acid groups (broad SMARTS) is 2. The minimum atomic E-state index is -0.737. The molecule has 400 valence electrons. The number of nitrogens with zero attached hydrogens (tertiary/aromatic N) is 4. The van der Waals surface area contributed by atoms with E-state index >= 15 is 0 Å². The number of carboxylic acids is 2. The molecule has 16 heteroatoms. The van der Waals surface area contributed by atoms with E-state index in [1.54, 1.807) is 26.4 Å². The van der Waals surface area contributed by atoms with Gasteiger partial charge in [0.15, 0.2) is 0 Å². The molecular formula is C60H66F2N4O10. The quantitative estimate of drug-likeness (QED) is 0.0934. The number of fused-ring (bicyclic) bond motifs is 4. The lowest BCUT2D eigenvalue weighted by atomic mass is 9.81. The van der Waals surface area contributed by atoms with E-state index in [-0.39, 0.29) is 58.9 Å². The molecule has 2 N–H and O–H groups in total. The van der Waals surface area contributed by atoms with Gasteiger partial charge in [0.1, 0.15) is 24.8 Å². The Bertz CT molecular complexity index is 2980. The monoisotopic (exact) mass is 1040 g/mol. The van der Waals surface area contributed by atoms with Gasteiger partial charge < -0.3 is 38.6 Å². The van der Waals surface area contributed by atoms with E-state index in [0.717, 1.165) is 82.6 Å². The molecule has 2 fully saturated rings. The fraction of sp³-hybridized carbons (Fsp3) is 0.433. The third-order valence-corrected chi connectivity index (χ3v) is 15.7. The van der Waals surface area contributed by atoms with Crippen LogP contribution in [0.15, 0.2) is 85.5 Å². The predicted octanol–water partition coefficient (Wildman–Crippen LogP) is 11.8. The van der Waals surface area contributed by atoms with E-state index in [9.17, 15) is 28.6 Å². The number of halogens is 2. The number of ether oxygens (including phenoxy) is 6. The molecule has 4 aliphatic carbocycles. The molecule has 0 amide bonds. The van der Waals surface area contributed by atoms with Gasteiger partial charge >= 0.3 is 11.9 Å². The summed E-state index contributed by atoms with van der Waals surface area (Å²) in [6, 6.07) is 18.5. The topological polar surface area (TPSA) is 182 Å². The van der Waals surface area contributed by atoms with Crippen LogP contribution in [-0.2, 0) is 55.9 Å². The number of rotatable bonds is 16. The van der Waals surface area contributed by atoms with E-state index in [1.165, 1.54) is 14.2 Å². The SMILES string of the molecule is COc1cc(-c2ccc(COc3cc4c(cn3)CC[C@]43C[C@H]3C(=O)O)cc2[C@@H](OC)C(C)(C)C)c(F)cn1.COc1cc(-c2ccc(COc3cc4c(cn3)CC[C@]43C[C@H]3C(=O)O)cc2[C@H](OC)C(C)(C)C)c(F)cn1. The van der Waals surface area contributed by atoms with Crippen LogP contribution >= 0.6 is 0 Å². The number of hydrogen-bond acceptors (Lipinski definition) is 12. The molecule has 0 bridgehead atoms. The van der Waals surface area contributed by atoms with Gasteiger partial charge in [0.2, 0.25) is 23.5 Å². The van der Waals surface area contributed by atoms with Crippen molar-refractivity contribution in [3.05, 3.63) is 142 Å². The Kier molecular flexibility index (Phi) is 14.7. The summed E-state index contributed by atoms with van der Waals surface area (Å²) in [4.78, 5) is 40.1. The van der Waals surface area contributed by atoms with Gasteiger partial charge in [-0.25, -0.2) is 28.7 Å². The molecule has 2 saturated carbocycles. The molecule has 6 atom stereocenters. The zero-order valence-corrected chi connectivity index (χ0v) is 44.8. The second kappa shape index (κ2) is 20.8. The van der Waals surface area contributed by atoms with Crippen LogP contribution in [0, 0.1) is 34.3 Å². The molecule has 14 nitrogen and oxygen atoms in total. The molecule has 0 unspecified atom stereocenters. The number of aromatic nitrogens is 4. The molecule has 4 heterocycles. The Morgan fingerprint density at radius 2 is 0.947 bits per heavy atom. The van der Waals surface area contributed by atoms with Crippen LogP contribution in [0.1, 0.15) is 124 Å². The lowest BCUT2D eigenvalue weighted by Gasteiger charge is -2.32. The van der Waals surface area contributed by atoms with Crippen molar-refractivity contribution in [2.45, 2.75) is 116 Å². The lowest BCUT2D eigenvalue weighted by molar-refractivity contribution is -0.140. The summed E-state index contributed by atoms with van der Waals surface area (Å²) in [5, 5.41) is 19.1. The summed E-state index contributed by atoms with van der Waals surface area (Å²) in [6.45, 7) is 12.9. The minimum Gasteiger partial charge on any atom is -0.481 e. The van der Waals surface area contributed by atoms with E-state index in [0.29, 0.717) is 58.6 Å². The van der Waals surface area contributed by atoms with Crippen LogP contribution in [0.5, 0.6) is 23.5 Å². The minimum absolute atomic E-state index is 0.247. The number of carbonyl (C=O) groups is 2. The van der Waals surface area contributed by atoms with E-state index in [1.807, 2.05) is 60.9 Å².